The second kappa shape index (κ2) is 5.66. The zero-order valence-corrected chi connectivity index (χ0v) is 10.6. The van der Waals surface area contributed by atoms with Gasteiger partial charge in [0.05, 0.1) is 0 Å². The van der Waals surface area contributed by atoms with Crippen molar-refractivity contribution in [1.29, 1.82) is 0 Å². The van der Waals surface area contributed by atoms with E-state index >= 15 is 0 Å². The van der Waals surface area contributed by atoms with Crippen molar-refractivity contribution in [3.8, 4) is 5.75 Å². The van der Waals surface area contributed by atoms with Gasteiger partial charge >= 0.3 is 0 Å². The lowest BCUT2D eigenvalue weighted by molar-refractivity contribution is 0.254. The molecule has 0 spiro atoms. The van der Waals surface area contributed by atoms with E-state index in [9.17, 15) is 0 Å². The molecular formula is C10H12Br2O. The van der Waals surface area contributed by atoms with Crippen LogP contribution in [0.15, 0.2) is 24.3 Å². The Bertz CT molecular complexity index is 242. The maximum absolute atomic E-state index is 5.67. The molecule has 1 nitrogen and oxygen atoms in total. The van der Waals surface area contributed by atoms with E-state index in [1.807, 2.05) is 12.1 Å². The predicted octanol–water partition coefficient (Wildman–Crippen LogP) is 3.53. The molecule has 0 atom stereocenters. The SMILES string of the molecule is Cc1ccc(OC(CBr)CBr)cc1. The number of hydrogen-bond acceptors (Lipinski definition) is 1. The maximum Gasteiger partial charge on any atom is 0.119 e. The first-order chi connectivity index (χ1) is 6.26. The van der Waals surface area contributed by atoms with E-state index in [0.29, 0.717) is 0 Å². The monoisotopic (exact) mass is 306 g/mol. The van der Waals surface area contributed by atoms with Crippen LogP contribution in [0.1, 0.15) is 5.56 Å². The minimum atomic E-state index is 0.197. The zero-order chi connectivity index (χ0) is 9.68. The summed E-state index contributed by atoms with van der Waals surface area (Å²) in [5.41, 5.74) is 1.25. The molecule has 0 aliphatic carbocycles. The Labute approximate surface area is 95.7 Å². The molecule has 1 aromatic carbocycles. The van der Waals surface area contributed by atoms with E-state index < -0.39 is 0 Å². The summed E-state index contributed by atoms with van der Waals surface area (Å²) in [5.74, 6) is 0.925. The number of rotatable bonds is 4. The van der Waals surface area contributed by atoms with Crippen LogP contribution >= 0.6 is 31.9 Å². The van der Waals surface area contributed by atoms with Crippen molar-refractivity contribution in [2.45, 2.75) is 13.0 Å². The maximum atomic E-state index is 5.67. The Morgan fingerprint density at radius 1 is 1.15 bits per heavy atom. The second-order valence-electron chi connectivity index (χ2n) is 2.86. The largest absolute Gasteiger partial charge is 0.489 e. The molecule has 0 aromatic heterocycles. The van der Waals surface area contributed by atoms with Crippen molar-refractivity contribution in [2.24, 2.45) is 0 Å². The van der Waals surface area contributed by atoms with Crippen LogP contribution in [-0.4, -0.2) is 16.8 Å². The molecule has 0 saturated carbocycles. The molecule has 1 aromatic rings. The Kier molecular flexibility index (Phi) is 4.81. The lowest BCUT2D eigenvalue weighted by Crippen LogP contribution is -2.19. The number of benzene rings is 1. The van der Waals surface area contributed by atoms with Crippen LogP contribution < -0.4 is 4.74 Å². The Morgan fingerprint density at radius 2 is 1.69 bits per heavy atom. The van der Waals surface area contributed by atoms with Gasteiger partial charge in [0, 0.05) is 10.7 Å². The highest BCUT2D eigenvalue weighted by molar-refractivity contribution is 9.09. The van der Waals surface area contributed by atoms with E-state index in [1.54, 1.807) is 0 Å². The normalized spacial score (nSPS) is 10.5. The van der Waals surface area contributed by atoms with Crippen LogP contribution in [0.5, 0.6) is 5.75 Å². The zero-order valence-electron chi connectivity index (χ0n) is 7.47. The van der Waals surface area contributed by atoms with E-state index in [-0.39, 0.29) is 6.10 Å². The first-order valence-electron chi connectivity index (χ1n) is 4.11. The summed E-state index contributed by atoms with van der Waals surface area (Å²) in [6, 6.07) is 8.09. The molecule has 0 heterocycles. The van der Waals surface area contributed by atoms with Gasteiger partial charge in [0.1, 0.15) is 11.9 Å². The number of ether oxygens (including phenoxy) is 1. The fourth-order valence-electron chi connectivity index (χ4n) is 0.914. The third-order valence-electron chi connectivity index (χ3n) is 1.67. The fraction of sp³-hybridized carbons (Fsp3) is 0.400. The summed E-state index contributed by atoms with van der Waals surface area (Å²) < 4.78 is 5.67. The summed E-state index contributed by atoms with van der Waals surface area (Å²) in [4.78, 5) is 0. The lowest BCUT2D eigenvalue weighted by Gasteiger charge is -2.13. The fourth-order valence-corrected chi connectivity index (χ4v) is 2.25. The van der Waals surface area contributed by atoms with Crippen LogP contribution in [0, 0.1) is 6.92 Å². The Morgan fingerprint density at radius 3 is 2.15 bits per heavy atom. The van der Waals surface area contributed by atoms with Gasteiger partial charge in [-0.3, -0.25) is 0 Å². The van der Waals surface area contributed by atoms with E-state index in [4.69, 9.17) is 4.74 Å². The topological polar surface area (TPSA) is 9.23 Å². The minimum Gasteiger partial charge on any atom is -0.489 e. The molecule has 0 radical (unpaired) electrons. The third kappa shape index (κ3) is 3.69. The van der Waals surface area contributed by atoms with Crippen LogP contribution in [0.2, 0.25) is 0 Å². The first-order valence-corrected chi connectivity index (χ1v) is 6.36. The average molecular weight is 308 g/mol. The standard InChI is InChI=1S/C10H12Br2O/c1-8-2-4-9(5-3-8)13-10(6-11)7-12/h2-5,10H,6-7H2,1H3. The van der Waals surface area contributed by atoms with Crippen molar-refractivity contribution in [2.75, 3.05) is 10.7 Å². The molecule has 0 amide bonds. The molecule has 0 N–H and O–H groups in total. The summed E-state index contributed by atoms with van der Waals surface area (Å²) in [7, 11) is 0. The van der Waals surface area contributed by atoms with Gasteiger partial charge in [-0.2, -0.15) is 0 Å². The molecule has 0 fully saturated rings. The molecule has 0 aliphatic heterocycles. The van der Waals surface area contributed by atoms with Gasteiger partial charge in [-0.15, -0.1) is 0 Å². The molecule has 1 rings (SSSR count). The molecule has 0 saturated heterocycles. The summed E-state index contributed by atoms with van der Waals surface area (Å²) in [5, 5.41) is 1.68. The van der Waals surface area contributed by atoms with Gasteiger partial charge in [0.2, 0.25) is 0 Å². The van der Waals surface area contributed by atoms with Crippen molar-refractivity contribution >= 4 is 31.9 Å². The molecule has 3 heteroatoms. The van der Waals surface area contributed by atoms with E-state index in [1.165, 1.54) is 5.56 Å². The highest BCUT2D eigenvalue weighted by atomic mass is 79.9. The second-order valence-corrected chi connectivity index (χ2v) is 4.16. The van der Waals surface area contributed by atoms with Crippen LogP contribution in [0.25, 0.3) is 0 Å². The molecule has 0 unspecified atom stereocenters. The number of aryl methyl sites for hydroxylation is 1. The smallest absolute Gasteiger partial charge is 0.119 e. The molecule has 0 aliphatic rings. The lowest BCUT2D eigenvalue weighted by atomic mass is 10.2. The van der Waals surface area contributed by atoms with Gasteiger partial charge in [-0.25, -0.2) is 0 Å². The molecule has 13 heavy (non-hydrogen) atoms. The van der Waals surface area contributed by atoms with Crippen LogP contribution in [0.3, 0.4) is 0 Å². The number of alkyl halides is 2. The van der Waals surface area contributed by atoms with Gasteiger partial charge in [0.15, 0.2) is 0 Å². The average Bonchev–Trinajstić information content (AvgIpc) is 2.17. The third-order valence-corrected chi connectivity index (χ3v) is 3.11. The first kappa shape index (κ1) is 11.1. The highest BCUT2D eigenvalue weighted by Gasteiger charge is 2.05. The van der Waals surface area contributed by atoms with E-state index in [0.717, 1.165) is 16.4 Å². The summed E-state index contributed by atoms with van der Waals surface area (Å²) in [6.45, 7) is 2.07. The van der Waals surface area contributed by atoms with Crippen molar-refractivity contribution in [1.82, 2.24) is 0 Å². The van der Waals surface area contributed by atoms with Crippen LogP contribution in [-0.2, 0) is 0 Å². The van der Waals surface area contributed by atoms with Crippen molar-refractivity contribution in [3.63, 3.8) is 0 Å². The number of hydrogen-bond donors (Lipinski definition) is 0. The minimum absolute atomic E-state index is 0.197. The summed E-state index contributed by atoms with van der Waals surface area (Å²) in [6.07, 6.45) is 0.197. The van der Waals surface area contributed by atoms with Crippen molar-refractivity contribution < 1.29 is 4.74 Å². The van der Waals surface area contributed by atoms with Gasteiger partial charge in [-0.1, -0.05) is 49.6 Å². The predicted molar refractivity (Wildman–Crippen MR) is 63.2 cm³/mol. The van der Waals surface area contributed by atoms with E-state index in [2.05, 4.69) is 50.9 Å². The Balaban J connectivity index is 2.58. The molecule has 0 bridgehead atoms. The van der Waals surface area contributed by atoms with Gasteiger partial charge in [0.25, 0.3) is 0 Å². The summed E-state index contributed by atoms with van der Waals surface area (Å²) >= 11 is 6.79. The van der Waals surface area contributed by atoms with Crippen molar-refractivity contribution in [3.05, 3.63) is 29.8 Å². The van der Waals surface area contributed by atoms with Gasteiger partial charge in [-0.05, 0) is 19.1 Å². The Hall–Kier alpha value is -0.0200. The molecule has 72 valence electrons. The number of halogens is 2. The molecular weight excluding hydrogens is 296 g/mol. The van der Waals surface area contributed by atoms with Gasteiger partial charge < -0.3 is 4.74 Å². The van der Waals surface area contributed by atoms with Crippen LogP contribution in [0.4, 0.5) is 0 Å². The quantitative estimate of drug-likeness (QED) is 0.773. The highest BCUT2D eigenvalue weighted by Crippen LogP contribution is 2.14.